The zero-order valence-corrected chi connectivity index (χ0v) is 14.7. The number of fused-ring (bicyclic) bond motifs is 2. The molecule has 1 aromatic rings. The second kappa shape index (κ2) is 7.34. The van der Waals surface area contributed by atoms with E-state index in [0.29, 0.717) is 5.06 Å². The Morgan fingerprint density at radius 1 is 1.36 bits per heavy atom. The number of amides is 4. The number of carbonyl (C=O) groups is 3. The maximum absolute atomic E-state index is 12.3. The molecule has 3 N–H and O–H groups in total. The van der Waals surface area contributed by atoms with Crippen molar-refractivity contribution in [2.75, 3.05) is 6.54 Å². The van der Waals surface area contributed by atoms with Gasteiger partial charge in [-0.3, -0.25) is 25.0 Å². The number of nitriles is 1. The van der Waals surface area contributed by atoms with Crippen LogP contribution in [0.5, 0.6) is 0 Å². The first kappa shape index (κ1) is 19.4. The van der Waals surface area contributed by atoms with E-state index >= 15 is 0 Å². The molecule has 0 aliphatic carbocycles. The van der Waals surface area contributed by atoms with Crippen LogP contribution in [0.4, 0.5) is 4.79 Å². The van der Waals surface area contributed by atoms with E-state index in [1.807, 2.05) is 0 Å². The van der Waals surface area contributed by atoms with Crippen molar-refractivity contribution in [1.29, 1.82) is 5.26 Å². The van der Waals surface area contributed by atoms with Crippen LogP contribution in [0.2, 0.25) is 0 Å². The number of rotatable bonds is 5. The number of hydrogen-bond donors (Lipinski definition) is 3. The van der Waals surface area contributed by atoms with Gasteiger partial charge in [0.05, 0.1) is 6.04 Å². The first-order valence-corrected chi connectivity index (χ1v) is 9.08. The molecule has 3 heterocycles. The molecular weight excluding hydrogens is 402 g/mol. The van der Waals surface area contributed by atoms with Gasteiger partial charge < -0.3 is 4.90 Å². The van der Waals surface area contributed by atoms with E-state index in [4.69, 9.17) is 9.81 Å². The summed E-state index contributed by atoms with van der Waals surface area (Å²) in [7, 11) is -4.89. The van der Waals surface area contributed by atoms with Crippen molar-refractivity contribution in [3.63, 3.8) is 0 Å². The van der Waals surface area contributed by atoms with Gasteiger partial charge in [-0.05, 0) is 23.3 Å². The Bertz CT molecular complexity index is 954. The van der Waals surface area contributed by atoms with Gasteiger partial charge in [0.25, 0.3) is 17.6 Å². The van der Waals surface area contributed by atoms with Crippen LogP contribution in [-0.2, 0) is 30.8 Å². The normalized spacial score (nSPS) is 21.4. The van der Waals surface area contributed by atoms with E-state index in [0.717, 1.165) is 9.58 Å². The van der Waals surface area contributed by atoms with Crippen molar-refractivity contribution < 1.29 is 31.6 Å². The van der Waals surface area contributed by atoms with E-state index in [2.05, 4.69) is 30.7 Å². The summed E-state index contributed by atoms with van der Waals surface area (Å²) in [5.74, 6) is -1.64. The highest BCUT2D eigenvalue weighted by Crippen LogP contribution is 2.30. The van der Waals surface area contributed by atoms with Crippen molar-refractivity contribution in [3.8, 4) is 6.07 Å². The molecule has 2 unspecified atom stereocenters. The lowest BCUT2D eigenvalue weighted by Gasteiger charge is -2.29. The average Bonchev–Trinajstić information content (AvgIpc) is 3.17. The van der Waals surface area contributed by atoms with E-state index in [1.165, 1.54) is 0 Å². The Hall–Kier alpha value is -3.36. The largest absolute Gasteiger partial charge is 0.418 e. The van der Waals surface area contributed by atoms with Crippen LogP contribution >= 0.6 is 0 Å². The fraction of sp³-hybridized carbons (Fsp3) is 0.545. The molecule has 150 valence electrons. The molecule has 3 rings (SSSR count). The van der Waals surface area contributed by atoms with Gasteiger partial charge in [0.2, 0.25) is 0 Å². The highest BCUT2D eigenvalue weighted by molar-refractivity contribution is 7.80. The third-order valence-electron chi connectivity index (χ3n) is 4.05. The number of aromatic nitrogens is 4. The van der Waals surface area contributed by atoms with Gasteiger partial charge in [0.15, 0.2) is 0 Å². The Morgan fingerprint density at radius 2 is 2.11 bits per heavy atom. The lowest BCUT2D eigenvalue weighted by molar-refractivity contribution is -0.132. The van der Waals surface area contributed by atoms with Crippen LogP contribution in [0, 0.1) is 11.3 Å². The number of piperidine rings is 1. The number of hydrazine groups is 1. The molecule has 2 atom stereocenters. The van der Waals surface area contributed by atoms with Crippen molar-refractivity contribution >= 4 is 28.2 Å². The van der Waals surface area contributed by atoms with Crippen LogP contribution in [0.25, 0.3) is 0 Å². The lowest BCUT2D eigenvalue weighted by Crippen LogP contribution is -2.54. The Kier molecular flexibility index (Phi) is 5.08. The van der Waals surface area contributed by atoms with E-state index in [9.17, 15) is 22.8 Å². The van der Waals surface area contributed by atoms with E-state index in [-0.39, 0.29) is 25.2 Å². The number of carbonyl (C=O) groups excluding carboxylic acids is 3. The maximum Gasteiger partial charge on any atom is 0.418 e. The summed E-state index contributed by atoms with van der Waals surface area (Å²) >= 11 is 0. The minimum atomic E-state index is -4.89. The molecule has 2 fully saturated rings. The summed E-state index contributed by atoms with van der Waals surface area (Å²) < 4.78 is 35.6. The van der Waals surface area contributed by atoms with Crippen molar-refractivity contribution in [1.82, 2.24) is 41.0 Å². The summed E-state index contributed by atoms with van der Waals surface area (Å²) in [6.07, 6.45) is 0.412. The van der Waals surface area contributed by atoms with Crippen LogP contribution in [0.1, 0.15) is 18.7 Å². The molecule has 17 heteroatoms. The van der Waals surface area contributed by atoms with Crippen molar-refractivity contribution in [2.45, 2.75) is 31.5 Å². The minimum Gasteiger partial charge on any atom is -0.309 e. The quantitative estimate of drug-likeness (QED) is 0.320. The SMILES string of the molecule is N#Cc1nnnn1CC(=O)NNC(=O)C1CCC2CN1C(=O)N2OS(=O)(=O)O. The molecule has 0 spiro atoms. The topological polar surface area (TPSA) is 213 Å². The summed E-state index contributed by atoms with van der Waals surface area (Å²) in [6, 6.07) is -0.851. The zero-order valence-electron chi connectivity index (χ0n) is 13.9. The molecule has 2 aliphatic rings. The standard InChI is InChI=1S/C11H13N9O7S/c12-3-8-13-16-17-19(8)5-9(21)14-15-10(22)7-2-1-6-4-18(7)11(23)20(6)27-28(24,25)26/h6-7H,1-2,4-5H2,(H,14,21)(H,15,22)(H,24,25,26). The minimum absolute atomic E-state index is 0.0105. The van der Waals surface area contributed by atoms with Crippen LogP contribution in [-0.4, -0.2) is 79.6 Å². The monoisotopic (exact) mass is 415 g/mol. The number of nitrogens with one attached hydrogen (secondary N) is 2. The second-order valence-electron chi connectivity index (χ2n) is 5.82. The van der Waals surface area contributed by atoms with E-state index < -0.39 is 46.9 Å². The van der Waals surface area contributed by atoms with Gasteiger partial charge in [-0.25, -0.2) is 9.48 Å². The van der Waals surface area contributed by atoms with Crippen LogP contribution in [0.3, 0.4) is 0 Å². The number of hydrogen-bond acceptors (Lipinski definition) is 10. The highest BCUT2D eigenvalue weighted by Gasteiger charge is 2.49. The molecule has 2 aliphatic heterocycles. The molecule has 2 saturated heterocycles. The Morgan fingerprint density at radius 3 is 2.79 bits per heavy atom. The molecule has 28 heavy (non-hydrogen) atoms. The highest BCUT2D eigenvalue weighted by atomic mass is 32.3. The zero-order chi connectivity index (χ0) is 20.5. The molecule has 2 bridgehead atoms. The molecule has 4 amide bonds. The van der Waals surface area contributed by atoms with Gasteiger partial charge >= 0.3 is 16.4 Å². The van der Waals surface area contributed by atoms with Crippen molar-refractivity contribution in [2.24, 2.45) is 0 Å². The maximum atomic E-state index is 12.3. The molecule has 0 aromatic carbocycles. The van der Waals surface area contributed by atoms with Crippen LogP contribution < -0.4 is 10.9 Å². The number of nitrogens with zero attached hydrogens (tertiary/aromatic N) is 7. The molecule has 1 aromatic heterocycles. The first-order chi connectivity index (χ1) is 13.2. The van der Waals surface area contributed by atoms with Gasteiger partial charge in [-0.1, -0.05) is 5.10 Å². The summed E-state index contributed by atoms with van der Waals surface area (Å²) in [4.78, 5) is 37.4. The summed E-state index contributed by atoms with van der Waals surface area (Å²) in [5.41, 5.74) is 4.25. The third-order valence-corrected chi connectivity index (χ3v) is 4.40. The molecule has 16 nitrogen and oxygen atoms in total. The summed E-state index contributed by atoms with van der Waals surface area (Å²) in [6.45, 7) is -0.419. The fourth-order valence-corrected chi connectivity index (χ4v) is 3.27. The van der Waals surface area contributed by atoms with Crippen molar-refractivity contribution in [3.05, 3.63) is 5.82 Å². The number of tetrazole rings is 1. The third kappa shape index (κ3) is 3.98. The molecular formula is C11H13N9O7S. The number of urea groups is 1. The van der Waals surface area contributed by atoms with Crippen LogP contribution in [0.15, 0.2) is 0 Å². The lowest BCUT2D eigenvalue weighted by atomic mass is 10.0. The Balaban J connectivity index is 1.56. The first-order valence-electron chi connectivity index (χ1n) is 7.71. The predicted octanol–water partition coefficient (Wildman–Crippen LogP) is -3.30. The van der Waals surface area contributed by atoms with E-state index in [1.54, 1.807) is 6.07 Å². The average molecular weight is 415 g/mol. The fourth-order valence-electron chi connectivity index (χ4n) is 2.89. The van der Waals surface area contributed by atoms with Gasteiger partial charge in [0, 0.05) is 6.54 Å². The second-order valence-corrected chi connectivity index (χ2v) is 6.82. The van der Waals surface area contributed by atoms with Gasteiger partial charge in [0.1, 0.15) is 18.7 Å². The number of hydroxylamine groups is 2. The van der Waals surface area contributed by atoms with Gasteiger partial charge in [-0.2, -0.15) is 18.7 Å². The Labute approximate surface area is 156 Å². The van der Waals surface area contributed by atoms with Gasteiger partial charge in [-0.15, -0.1) is 4.28 Å². The molecule has 0 saturated carbocycles. The smallest absolute Gasteiger partial charge is 0.309 e. The summed E-state index contributed by atoms with van der Waals surface area (Å²) in [5, 5.41) is 19.3. The predicted molar refractivity (Wildman–Crippen MR) is 82.2 cm³/mol. The molecule has 0 radical (unpaired) electrons.